The van der Waals surface area contributed by atoms with Gasteiger partial charge in [0.1, 0.15) is 0 Å². The number of thiocarbonyl (C=S) groups is 1. The summed E-state index contributed by atoms with van der Waals surface area (Å²) in [6.45, 7) is 0.576. The molecule has 0 aliphatic heterocycles. The Hall–Kier alpha value is 0.966. The molecule has 0 amide bonds. The number of hydrogen-bond donors (Lipinski definition) is 0. The summed E-state index contributed by atoms with van der Waals surface area (Å²) in [4.78, 5) is 0. The number of hydrogen-bond acceptors (Lipinski definition) is 3. The van der Waals surface area contributed by atoms with Crippen LogP contribution in [0.25, 0.3) is 0 Å². The first-order valence-electron chi connectivity index (χ1n) is 3.67. The van der Waals surface area contributed by atoms with Crippen LogP contribution in [-0.2, 0) is 23.8 Å². The second-order valence-corrected chi connectivity index (χ2v) is 3.33. The van der Waals surface area contributed by atoms with Crippen molar-refractivity contribution in [2.45, 2.75) is 6.42 Å². The molecule has 0 saturated carbocycles. The molecule has 0 heterocycles. The molecule has 0 aliphatic carbocycles. The van der Waals surface area contributed by atoms with E-state index in [4.69, 9.17) is 4.74 Å². The molecule has 0 bridgehead atoms. The summed E-state index contributed by atoms with van der Waals surface area (Å²) in [6.07, 6.45) is 0.859. The van der Waals surface area contributed by atoms with Gasteiger partial charge in [-0.3, -0.25) is 0 Å². The van der Waals surface area contributed by atoms with Gasteiger partial charge < -0.3 is 29.6 Å². The normalized spacial score (nSPS) is 8.62. The van der Waals surface area contributed by atoms with Gasteiger partial charge in [0.15, 0.2) is 0 Å². The smallest absolute Gasteiger partial charge is 0.513 e. The van der Waals surface area contributed by atoms with E-state index < -0.39 is 0 Å². The molecule has 0 aromatic heterocycles. The van der Waals surface area contributed by atoms with E-state index in [2.05, 4.69) is 37.0 Å². The summed E-state index contributed by atoms with van der Waals surface area (Å²) in [7, 11) is 0. The molecular formula is C9H9KOS2. The van der Waals surface area contributed by atoms with Crippen molar-refractivity contribution in [1.82, 2.24) is 0 Å². The molecule has 1 aromatic carbocycles. The molecule has 0 aliphatic rings. The molecule has 4 heteroatoms. The minimum Gasteiger partial charge on any atom is -0.513 e. The fraction of sp³-hybridized carbons (Fsp3) is 0.222. The average Bonchev–Trinajstić information content (AvgIpc) is 2.05. The van der Waals surface area contributed by atoms with Gasteiger partial charge in [0.2, 0.25) is 0 Å². The van der Waals surface area contributed by atoms with E-state index in [-0.39, 0.29) is 55.8 Å². The van der Waals surface area contributed by atoms with Crippen LogP contribution in [0.1, 0.15) is 5.56 Å². The Kier molecular flexibility index (Phi) is 8.91. The Balaban J connectivity index is 0.00000144. The molecular weight excluding hydrogens is 227 g/mol. The van der Waals surface area contributed by atoms with Crippen molar-refractivity contribution in [1.29, 1.82) is 0 Å². The van der Waals surface area contributed by atoms with Gasteiger partial charge in [0.25, 0.3) is 0 Å². The zero-order valence-electron chi connectivity index (χ0n) is 7.53. The molecule has 0 spiro atoms. The van der Waals surface area contributed by atoms with E-state index in [0.717, 1.165) is 6.42 Å². The van der Waals surface area contributed by atoms with E-state index in [1.54, 1.807) is 0 Å². The number of benzene rings is 1. The minimum absolute atomic E-state index is 0. The van der Waals surface area contributed by atoms with Gasteiger partial charge >= 0.3 is 51.4 Å². The summed E-state index contributed by atoms with van der Waals surface area (Å²) in [5.41, 5.74) is 1.24. The quantitative estimate of drug-likeness (QED) is 0.382. The third-order valence-electron chi connectivity index (χ3n) is 1.45. The standard InChI is InChI=1S/C9H10OS2.K/c11-9(12)10-7-6-8-4-2-1-3-5-8;/h1-5H,6-7H2,(H,11,12);/q;+1/p-1. The fourth-order valence-corrected chi connectivity index (χ4v) is 1.06. The Morgan fingerprint density at radius 1 is 1.31 bits per heavy atom. The topological polar surface area (TPSA) is 9.23 Å². The van der Waals surface area contributed by atoms with E-state index in [9.17, 15) is 0 Å². The molecule has 0 saturated heterocycles. The summed E-state index contributed by atoms with van der Waals surface area (Å²) in [6, 6.07) is 10.1. The summed E-state index contributed by atoms with van der Waals surface area (Å²) >= 11 is 9.21. The largest absolute Gasteiger partial charge is 1.00 e. The molecule has 0 unspecified atom stereocenters. The summed E-state index contributed by atoms with van der Waals surface area (Å²) in [5, 5.41) is 0. The van der Waals surface area contributed by atoms with Crippen molar-refractivity contribution in [3.05, 3.63) is 35.9 Å². The van der Waals surface area contributed by atoms with Gasteiger partial charge in [0.05, 0.1) is 6.61 Å². The second kappa shape index (κ2) is 8.29. The van der Waals surface area contributed by atoms with Crippen molar-refractivity contribution in [2.24, 2.45) is 0 Å². The Morgan fingerprint density at radius 3 is 2.46 bits per heavy atom. The van der Waals surface area contributed by atoms with Crippen molar-refractivity contribution in [2.75, 3.05) is 6.61 Å². The van der Waals surface area contributed by atoms with Crippen molar-refractivity contribution in [3.63, 3.8) is 0 Å². The molecule has 0 atom stereocenters. The Bertz CT molecular complexity index is 251. The van der Waals surface area contributed by atoms with Crippen molar-refractivity contribution in [3.8, 4) is 0 Å². The Labute approximate surface area is 132 Å². The first-order chi connectivity index (χ1) is 5.79. The van der Waals surface area contributed by atoms with Gasteiger partial charge in [-0.25, -0.2) is 0 Å². The first-order valence-corrected chi connectivity index (χ1v) is 4.48. The number of ether oxygens (including phenoxy) is 1. The van der Waals surface area contributed by atoms with Crippen LogP contribution < -0.4 is 51.4 Å². The zero-order valence-corrected chi connectivity index (χ0v) is 12.3. The maximum atomic E-state index is 4.99. The maximum Gasteiger partial charge on any atom is 1.00 e. The van der Waals surface area contributed by atoms with E-state index in [1.807, 2.05) is 18.2 Å². The zero-order chi connectivity index (χ0) is 8.81. The van der Waals surface area contributed by atoms with Crippen LogP contribution in [-0.4, -0.2) is 11.0 Å². The molecule has 13 heavy (non-hydrogen) atoms. The summed E-state index contributed by atoms with van der Waals surface area (Å²) < 4.78 is 5.19. The van der Waals surface area contributed by atoms with Crippen molar-refractivity contribution >= 4 is 29.2 Å². The minimum atomic E-state index is 0. The van der Waals surface area contributed by atoms with Crippen LogP contribution in [0.2, 0.25) is 0 Å². The molecule has 1 rings (SSSR count). The van der Waals surface area contributed by atoms with Crippen LogP contribution in [0.5, 0.6) is 0 Å². The van der Waals surface area contributed by atoms with Gasteiger partial charge in [0, 0.05) is 10.8 Å². The van der Waals surface area contributed by atoms with Gasteiger partial charge in [-0.15, -0.1) is 0 Å². The maximum absolute atomic E-state index is 4.99. The third-order valence-corrected chi connectivity index (χ3v) is 1.69. The second-order valence-electron chi connectivity index (χ2n) is 2.33. The van der Waals surface area contributed by atoms with Crippen LogP contribution in [0, 0.1) is 0 Å². The van der Waals surface area contributed by atoms with Crippen LogP contribution in [0.4, 0.5) is 0 Å². The van der Waals surface area contributed by atoms with Gasteiger partial charge in [-0.2, -0.15) is 0 Å². The molecule has 1 aromatic rings. The molecule has 0 N–H and O–H groups in total. The third kappa shape index (κ3) is 6.96. The Morgan fingerprint density at radius 2 is 1.92 bits per heavy atom. The van der Waals surface area contributed by atoms with Crippen molar-refractivity contribution < 1.29 is 56.1 Å². The molecule has 0 radical (unpaired) electrons. The van der Waals surface area contributed by atoms with Crippen LogP contribution >= 0.6 is 12.2 Å². The van der Waals surface area contributed by atoms with E-state index >= 15 is 0 Å². The molecule has 64 valence electrons. The summed E-state index contributed by atoms with van der Waals surface area (Å²) in [5.74, 6) is 0. The SMILES string of the molecule is S=C([S-])OCCc1ccccc1.[K+]. The first kappa shape index (κ1) is 14.0. The molecule has 1 nitrogen and oxygen atoms in total. The fourth-order valence-electron chi connectivity index (χ4n) is 0.897. The average molecular weight is 236 g/mol. The monoisotopic (exact) mass is 236 g/mol. The van der Waals surface area contributed by atoms with Gasteiger partial charge in [-0.05, 0) is 5.56 Å². The molecule has 0 fully saturated rings. The van der Waals surface area contributed by atoms with Crippen LogP contribution in [0.3, 0.4) is 0 Å². The predicted molar refractivity (Wildman–Crippen MR) is 56.1 cm³/mol. The van der Waals surface area contributed by atoms with E-state index in [1.165, 1.54) is 5.56 Å². The predicted octanol–water partition coefficient (Wildman–Crippen LogP) is -0.919. The van der Waals surface area contributed by atoms with Gasteiger partial charge in [-0.1, -0.05) is 30.3 Å². The number of rotatable bonds is 3. The van der Waals surface area contributed by atoms with Crippen LogP contribution in [0.15, 0.2) is 30.3 Å². The van der Waals surface area contributed by atoms with E-state index in [0.29, 0.717) is 6.61 Å².